The van der Waals surface area contributed by atoms with Crippen molar-refractivity contribution in [1.29, 1.82) is 0 Å². The minimum Gasteiger partial charge on any atom is -0.229 e. The molecule has 0 heterocycles. The van der Waals surface area contributed by atoms with E-state index in [1.165, 1.54) is 11.8 Å². The minimum atomic E-state index is -2.96. The van der Waals surface area contributed by atoms with Crippen LogP contribution >= 0.6 is 0 Å². The Morgan fingerprint density at radius 2 is 1.75 bits per heavy atom. The van der Waals surface area contributed by atoms with Crippen molar-refractivity contribution in [3.63, 3.8) is 0 Å². The number of sulfone groups is 1. The highest BCUT2D eigenvalue weighted by molar-refractivity contribution is 7.89. The van der Waals surface area contributed by atoms with Crippen molar-refractivity contribution in [2.45, 2.75) is 38.9 Å². The molecule has 90 valence electrons. The lowest BCUT2D eigenvalue weighted by atomic mass is 9.85. The Morgan fingerprint density at radius 1 is 1.19 bits per heavy atom. The summed E-state index contributed by atoms with van der Waals surface area (Å²) in [5.41, 5.74) is 3.19. The zero-order valence-electron chi connectivity index (χ0n) is 10.7. The molecule has 0 N–H and O–H groups in total. The van der Waals surface area contributed by atoms with Gasteiger partial charge in [-0.25, -0.2) is 8.42 Å². The highest BCUT2D eigenvalue weighted by atomic mass is 32.2. The molecule has 0 saturated heterocycles. The fourth-order valence-corrected chi connectivity index (χ4v) is 2.45. The van der Waals surface area contributed by atoms with Crippen LogP contribution in [0.1, 0.15) is 37.5 Å². The van der Waals surface area contributed by atoms with Gasteiger partial charge in [0.1, 0.15) is 0 Å². The topological polar surface area (TPSA) is 34.1 Å². The molecule has 0 saturated carbocycles. The molecule has 0 aliphatic rings. The predicted molar refractivity (Wildman–Crippen MR) is 68.4 cm³/mol. The van der Waals surface area contributed by atoms with Crippen LogP contribution in [-0.4, -0.2) is 14.7 Å². The Bertz CT molecular complexity index is 479. The third-order valence-corrected chi connectivity index (χ3v) is 3.47. The summed E-state index contributed by atoms with van der Waals surface area (Å²) >= 11 is 0. The zero-order chi connectivity index (χ0) is 12.6. The lowest BCUT2D eigenvalue weighted by molar-refractivity contribution is 0.588. The van der Waals surface area contributed by atoms with Gasteiger partial charge in [0.05, 0.1) is 5.75 Å². The third-order valence-electron chi connectivity index (χ3n) is 2.63. The molecule has 0 bridgehead atoms. The molecule has 0 fully saturated rings. The van der Waals surface area contributed by atoms with Crippen LogP contribution in [0, 0.1) is 6.92 Å². The van der Waals surface area contributed by atoms with Crippen molar-refractivity contribution in [3.8, 4) is 0 Å². The molecule has 16 heavy (non-hydrogen) atoms. The molecular weight excluding hydrogens is 220 g/mol. The lowest BCUT2D eigenvalue weighted by Crippen LogP contribution is -2.12. The van der Waals surface area contributed by atoms with Gasteiger partial charge in [0.15, 0.2) is 9.84 Å². The predicted octanol–water partition coefficient (Wildman–Crippen LogP) is 2.84. The van der Waals surface area contributed by atoms with E-state index in [-0.39, 0.29) is 11.2 Å². The molecule has 0 aromatic heterocycles. The molecule has 3 heteroatoms. The van der Waals surface area contributed by atoms with E-state index >= 15 is 0 Å². The van der Waals surface area contributed by atoms with Crippen molar-refractivity contribution in [1.82, 2.24) is 0 Å². The van der Waals surface area contributed by atoms with E-state index in [4.69, 9.17) is 0 Å². The molecule has 0 atom stereocenters. The van der Waals surface area contributed by atoms with Gasteiger partial charge in [-0.05, 0) is 29.0 Å². The van der Waals surface area contributed by atoms with Crippen LogP contribution in [0.5, 0.6) is 0 Å². The van der Waals surface area contributed by atoms with E-state index < -0.39 is 9.84 Å². The van der Waals surface area contributed by atoms with E-state index in [0.29, 0.717) is 0 Å². The van der Waals surface area contributed by atoms with E-state index in [1.54, 1.807) is 0 Å². The average Bonchev–Trinajstić information content (AvgIpc) is 2.04. The molecule has 1 aromatic carbocycles. The standard InChI is InChI=1S/C13H20O2S/c1-10-6-7-12(13(2,3)4)8-11(10)9-16(5,14)15/h6-8H,9H2,1-5H3. The number of hydrogen-bond acceptors (Lipinski definition) is 2. The van der Waals surface area contributed by atoms with Gasteiger partial charge in [-0.3, -0.25) is 0 Å². The first-order valence-corrected chi connectivity index (χ1v) is 7.43. The number of benzene rings is 1. The molecule has 0 unspecified atom stereocenters. The largest absolute Gasteiger partial charge is 0.229 e. The smallest absolute Gasteiger partial charge is 0.151 e. The van der Waals surface area contributed by atoms with E-state index in [0.717, 1.165) is 11.1 Å². The summed E-state index contributed by atoms with van der Waals surface area (Å²) in [4.78, 5) is 0. The molecule has 1 aromatic rings. The van der Waals surface area contributed by atoms with Crippen LogP contribution < -0.4 is 0 Å². The molecule has 0 amide bonds. The van der Waals surface area contributed by atoms with E-state index in [1.807, 2.05) is 19.1 Å². The maximum atomic E-state index is 11.3. The average molecular weight is 240 g/mol. The number of aryl methyl sites for hydroxylation is 1. The Morgan fingerprint density at radius 3 is 2.19 bits per heavy atom. The van der Waals surface area contributed by atoms with Crippen molar-refractivity contribution in [3.05, 3.63) is 34.9 Å². The first-order valence-electron chi connectivity index (χ1n) is 5.37. The van der Waals surface area contributed by atoms with Gasteiger partial charge in [0.2, 0.25) is 0 Å². The lowest BCUT2D eigenvalue weighted by Gasteiger charge is -2.20. The van der Waals surface area contributed by atoms with Gasteiger partial charge in [0, 0.05) is 6.26 Å². The zero-order valence-corrected chi connectivity index (χ0v) is 11.5. The van der Waals surface area contributed by atoms with Crippen LogP contribution in [0.25, 0.3) is 0 Å². The molecule has 2 nitrogen and oxygen atoms in total. The highest BCUT2D eigenvalue weighted by Gasteiger charge is 2.16. The van der Waals surface area contributed by atoms with Gasteiger partial charge in [0.25, 0.3) is 0 Å². The summed E-state index contributed by atoms with van der Waals surface area (Å²) in [6.45, 7) is 8.33. The van der Waals surface area contributed by atoms with E-state index in [9.17, 15) is 8.42 Å². The van der Waals surface area contributed by atoms with Gasteiger partial charge >= 0.3 is 0 Å². The van der Waals surface area contributed by atoms with Crippen molar-refractivity contribution < 1.29 is 8.42 Å². The monoisotopic (exact) mass is 240 g/mol. The normalized spacial score (nSPS) is 12.8. The van der Waals surface area contributed by atoms with Crippen LogP contribution in [0.15, 0.2) is 18.2 Å². The number of hydrogen-bond donors (Lipinski definition) is 0. The summed E-state index contributed by atoms with van der Waals surface area (Å²) in [5, 5.41) is 0. The first kappa shape index (κ1) is 13.2. The molecule has 0 radical (unpaired) electrons. The van der Waals surface area contributed by atoms with Crippen molar-refractivity contribution in [2.24, 2.45) is 0 Å². The molecule has 1 rings (SSSR count). The molecular formula is C13H20O2S. The van der Waals surface area contributed by atoms with Crippen LogP contribution in [0.2, 0.25) is 0 Å². The second kappa shape index (κ2) is 4.21. The van der Waals surface area contributed by atoms with Gasteiger partial charge in [-0.15, -0.1) is 0 Å². The van der Waals surface area contributed by atoms with Crippen molar-refractivity contribution in [2.75, 3.05) is 6.26 Å². The third kappa shape index (κ3) is 3.63. The Labute approximate surface area is 98.6 Å². The summed E-state index contributed by atoms with van der Waals surface area (Å²) in [6, 6.07) is 6.08. The summed E-state index contributed by atoms with van der Waals surface area (Å²) in [7, 11) is -2.96. The Balaban J connectivity index is 3.20. The second-order valence-corrected chi connectivity index (χ2v) is 7.60. The quantitative estimate of drug-likeness (QED) is 0.796. The Hall–Kier alpha value is -0.830. The minimum absolute atomic E-state index is 0.0555. The number of rotatable bonds is 2. The highest BCUT2D eigenvalue weighted by Crippen LogP contribution is 2.25. The van der Waals surface area contributed by atoms with Crippen LogP contribution in [-0.2, 0) is 21.0 Å². The second-order valence-electron chi connectivity index (χ2n) is 5.46. The SMILES string of the molecule is Cc1ccc(C(C)(C)C)cc1CS(C)(=O)=O. The molecule has 0 spiro atoms. The summed E-state index contributed by atoms with van der Waals surface area (Å²) in [6.07, 6.45) is 1.27. The summed E-state index contributed by atoms with van der Waals surface area (Å²) < 4.78 is 22.6. The van der Waals surface area contributed by atoms with Crippen molar-refractivity contribution >= 4 is 9.84 Å². The van der Waals surface area contributed by atoms with E-state index in [2.05, 4.69) is 26.8 Å². The van der Waals surface area contributed by atoms with Crippen LogP contribution in [0.3, 0.4) is 0 Å². The summed E-state index contributed by atoms with van der Waals surface area (Å²) in [5.74, 6) is 0.128. The van der Waals surface area contributed by atoms with Gasteiger partial charge < -0.3 is 0 Å². The van der Waals surface area contributed by atoms with Gasteiger partial charge in [-0.1, -0.05) is 39.0 Å². The fourth-order valence-electron chi connectivity index (χ4n) is 1.58. The molecule has 0 aliphatic heterocycles. The van der Waals surface area contributed by atoms with Gasteiger partial charge in [-0.2, -0.15) is 0 Å². The maximum Gasteiger partial charge on any atom is 0.151 e. The Kier molecular flexibility index (Phi) is 3.48. The van der Waals surface area contributed by atoms with Crippen LogP contribution in [0.4, 0.5) is 0 Å². The first-order chi connectivity index (χ1) is 7.09. The fraction of sp³-hybridized carbons (Fsp3) is 0.538. The molecule has 0 aliphatic carbocycles. The maximum absolute atomic E-state index is 11.3.